The molecule has 200 valence electrons. The highest BCUT2D eigenvalue weighted by Crippen LogP contribution is 2.30. The zero-order chi connectivity index (χ0) is 25.9. The summed E-state index contributed by atoms with van der Waals surface area (Å²) in [6.45, 7) is 2.08. The summed E-state index contributed by atoms with van der Waals surface area (Å²) in [7, 11) is 2.29. The molecule has 0 bridgehead atoms. The van der Waals surface area contributed by atoms with Crippen LogP contribution in [0.3, 0.4) is 0 Å². The first-order valence-corrected chi connectivity index (χ1v) is 14.0. The number of urea groups is 1. The molecule has 1 aliphatic heterocycles. The standard InChI is InChI=1S/C31H37N5O2.H2/c1-35(28-18-22-6-2-3-7-23(22)19-28)27-16-17-36(21-27)26-13-10-24(11-14-26)33-31(37)34-25-12-15-30(32-20-25)38-29-8-4-5-9-29;/h2-3,6-7,10-15,20,27-29H,4-5,8-9,16-19,21H2,1H3,(H2,33,34,37);1H. The van der Waals surface area contributed by atoms with Gasteiger partial charge in [0.1, 0.15) is 6.10 Å². The lowest BCUT2D eigenvalue weighted by molar-refractivity contribution is 0.190. The van der Waals surface area contributed by atoms with Gasteiger partial charge in [0.05, 0.1) is 11.9 Å². The number of ether oxygens (including phenoxy) is 1. The van der Waals surface area contributed by atoms with Crippen molar-refractivity contribution in [3.05, 3.63) is 78.0 Å². The molecule has 6 rings (SSSR count). The second-order valence-electron chi connectivity index (χ2n) is 10.9. The highest BCUT2D eigenvalue weighted by atomic mass is 16.5. The first kappa shape index (κ1) is 24.7. The number of benzene rings is 2. The highest BCUT2D eigenvalue weighted by molar-refractivity contribution is 5.99. The van der Waals surface area contributed by atoms with E-state index in [4.69, 9.17) is 4.74 Å². The fourth-order valence-corrected chi connectivity index (χ4v) is 6.18. The number of nitrogens with zero attached hydrogens (tertiary/aromatic N) is 3. The molecule has 2 fully saturated rings. The summed E-state index contributed by atoms with van der Waals surface area (Å²) in [4.78, 5) is 21.9. The van der Waals surface area contributed by atoms with Gasteiger partial charge in [-0.3, -0.25) is 4.90 Å². The summed E-state index contributed by atoms with van der Waals surface area (Å²) in [6.07, 6.45) is 10.0. The quantitative estimate of drug-likeness (QED) is 0.407. The summed E-state index contributed by atoms with van der Waals surface area (Å²) >= 11 is 0. The Bertz CT molecular complexity index is 1220. The van der Waals surface area contributed by atoms with E-state index in [1.165, 1.54) is 36.1 Å². The number of anilines is 3. The molecule has 38 heavy (non-hydrogen) atoms. The van der Waals surface area contributed by atoms with Crippen LogP contribution in [-0.4, -0.2) is 54.2 Å². The number of carbonyl (C=O) groups is 1. The fourth-order valence-electron chi connectivity index (χ4n) is 6.18. The van der Waals surface area contributed by atoms with Crippen LogP contribution in [0.1, 0.15) is 44.7 Å². The Morgan fingerprint density at radius 2 is 1.61 bits per heavy atom. The van der Waals surface area contributed by atoms with Gasteiger partial charge in [-0.05, 0) is 93.5 Å². The molecule has 1 aromatic heterocycles. The third-order valence-electron chi connectivity index (χ3n) is 8.42. The van der Waals surface area contributed by atoms with Gasteiger partial charge in [-0.25, -0.2) is 9.78 Å². The molecule has 2 aliphatic carbocycles. The van der Waals surface area contributed by atoms with E-state index in [0.29, 0.717) is 23.7 Å². The molecule has 7 heteroatoms. The first-order valence-electron chi connectivity index (χ1n) is 14.0. The van der Waals surface area contributed by atoms with Gasteiger partial charge < -0.3 is 20.3 Å². The van der Waals surface area contributed by atoms with E-state index in [-0.39, 0.29) is 13.6 Å². The van der Waals surface area contributed by atoms with E-state index in [1.54, 1.807) is 6.20 Å². The van der Waals surface area contributed by atoms with Crippen LogP contribution < -0.4 is 20.3 Å². The van der Waals surface area contributed by atoms with Crippen molar-refractivity contribution in [3.63, 3.8) is 0 Å². The molecule has 3 aromatic rings. The fraction of sp³-hybridized carbons (Fsp3) is 0.419. The zero-order valence-electron chi connectivity index (χ0n) is 22.1. The average molecular weight is 514 g/mol. The Morgan fingerprint density at radius 1 is 0.921 bits per heavy atom. The summed E-state index contributed by atoms with van der Waals surface area (Å²) in [6, 6.07) is 21.5. The van der Waals surface area contributed by atoms with Gasteiger partial charge in [0.15, 0.2) is 0 Å². The van der Waals surface area contributed by atoms with Gasteiger partial charge in [0, 0.05) is 44.0 Å². The van der Waals surface area contributed by atoms with E-state index in [2.05, 4.69) is 68.9 Å². The van der Waals surface area contributed by atoms with Crippen LogP contribution in [0.2, 0.25) is 0 Å². The number of amides is 2. The minimum Gasteiger partial charge on any atom is -0.474 e. The van der Waals surface area contributed by atoms with Crippen molar-refractivity contribution in [2.45, 2.75) is 63.1 Å². The molecule has 2 heterocycles. The maximum absolute atomic E-state index is 12.5. The summed E-state index contributed by atoms with van der Waals surface area (Å²) in [5.74, 6) is 0.613. The molecule has 1 saturated heterocycles. The molecule has 1 atom stereocenters. The minimum atomic E-state index is -0.288. The molecule has 3 aliphatic rings. The summed E-state index contributed by atoms with van der Waals surface area (Å²) in [5, 5.41) is 5.77. The number of likely N-dealkylation sites (N-methyl/N-ethyl adjacent to an activating group) is 1. The third-order valence-corrected chi connectivity index (χ3v) is 8.42. The van der Waals surface area contributed by atoms with Crippen molar-refractivity contribution in [3.8, 4) is 5.88 Å². The van der Waals surface area contributed by atoms with Crippen molar-refractivity contribution in [2.24, 2.45) is 0 Å². The van der Waals surface area contributed by atoms with Gasteiger partial charge in [0.2, 0.25) is 5.88 Å². The number of hydrogen-bond acceptors (Lipinski definition) is 5. The van der Waals surface area contributed by atoms with Crippen LogP contribution in [0.15, 0.2) is 66.9 Å². The number of fused-ring (bicyclic) bond motifs is 1. The molecular weight excluding hydrogens is 474 g/mol. The maximum atomic E-state index is 12.5. The number of carbonyl (C=O) groups excluding carboxylic acids is 1. The van der Waals surface area contributed by atoms with E-state index >= 15 is 0 Å². The van der Waals surface area contributed by atoms with Crippen molar-refractivity contribution >= 4 is 23.1 Å². The Kier molecular flexibility index (Phi) is 7.18. The van der Waals surface area contributed by atoms with Crippen LogP contribution in [0.4, 0.5) is 21.9 Å². The molecule has 0 radical (unpaired) electrons. The Hall–Kier alpha value is -3.58. The van der Waals surface area contributed by atoms with Crippen LogP contribution in [0, 0.1) is 0 Å². The number of nitrogens with one attached hydrogen (secondary N) is 2. The van der Waals surface area contributed by atoms with Crippen molar-refractivity contribution in [1.29, 1.82) is 0 Å². The van der Waals surface area contributed by atoms with Gasteiger partial charge in [-0.1, -0.05) is 24.3 Å². The van der Waals surface area contributed by atoms with Crippen molar-refractivity contribution < 1.29 is 11.0 Å². The number of hydrogen-bond donors (Lipinski definition) is 2. The van der Waals surface area contributed by atoms with Crippen LogP contribution >= 0.6 is 0 Å². The second-order valence-corrected chi connectivity index (χ2v) is 10.9. The van der Waals surface area contributed by atoms with Gasteiger partial charge in [-0.2, -0.15) is 0 Å². The van der Waals surface area contributed by atoms with E-state index < -0.39 is 0 Å². The minimum absolute atomic E-state index is 0. The molecule has 2 N–H and O–H groups in total. The predicted molar refractivity (Wildman–Crippen MR) is 154 cm³/mol. The lowest BCUT2D eigenvalue weighted by atomic mass is 10.1. The van der Waals surface area contributed by atoms with Crippen LogP contribution in [-0.2, 0) is 12.8 Å². The van der Waals surface area contributed by atoms with Gasteiger partial charge >= 0.3 is 6.03 Å². The lowest BCUT2D eigenvalue weighted by Gasteiger charge is -2.30. The van der Waals surface area contributed by atoms with Crippen LogP contribution in [0.25, 0.3) is 0 Å². The summed E-state index contributed by atoms with van der Waals surface area (Å²) in [5.41, 5.74) is 5.61. The normalized spacial score (nSPS) is 19.6. The van der Waals surface area contributed by atoms with Crippen LogP contribution in [0.5, 0.6) is 5.88 Å². The van der Waals surface area contributed by atoms with Gasteiger partial charge in [-0.15, -0.1) is 0 Å². The monoisotopic (exact) mass is 513 g/mol. The topological polar surface area (TPSA) is 69.7 Å². The smallest absolute Gasteiger partial charge is 0.323 e. The van der Waals surface area contributed by atoms with E-state index in [0.717, 1.165) is 44.5 Å². The molecule has 2 aromatic carbocycles. The molecule has 2 amide bonds. The number of aromatic nitrogens is 1. The SMILES string of the molecule is CN(C1Cc2ccccc2C1)C1CCN(c2ccc(NC(=O)Nc3ccc(OC4CCCC4)nc3)cc2)C1.[HH]. The van der Waals surface area contributed by atoms with E-state index in [9.17, 15) is 4.79 Å². The number of pyridine rings is 1. The second kappa shape index (κ2) is 11.0. The molecule has 7 nitrogen and oxygen atoms in total. The highest BCUT2D eigenvalue weighted by Gasteiger charge is 2.32. The van der Waals surface area contributed by atoms with E-state index in [1.807, 2.05) is 24.3 Å². The third kappa shape index (κ3) is 5.63. The molecule has 1 unspecified atom stereocenters. The lowest BCUT2D eigenvalue weighted by Crippen LogP contribution is -2.42. The molecule has 0 spiro atoms. The molecular formula is C31H39N5O2. The largest absolute Gasteiger partial charge is 0.474 e. The number of rotatable bonds is 7. The maximum Gasteiger partial charge on any atom is 0.323 e. The summed E-state index contributed by atoms with van der Waals surface area (Å²) < 4.78 is 5.90. The zero-order valence-corrected chi connectivity index (χ0v) is 22.1. The Labute approximate surface area is 226 Å². The average Bonchev–Trinajstić information content (AvgIpc) is 3.71. The van der Waals surface area contributed by atoms with Gasteiger partial charge in [0.25, 0.3) is 0 Å². The first-order chi connectivity index (χ1) is 18.6. The van der Waals surface area contributed by atoms with Crippen molar-refractivity contribution in [2.75, 3.05) is 35.7 Å². The van der Waals surface area contributed by atoms with Crippen molar-refractivity contribution in [1.82, 2.24) is 9.88 Å². The Balaban J connectivity index is 0.00000308. The predicted octanol–water partition coefficient (Wildman–Crippen LogP) is 5.97. The molecule has 1 saturated carbocycles. The Morgan fingerprint density at radius 3 is 2.29 bits per heavy atom.